The maximum Gasteiger partial charge on any atom is 0.275 e. The summed E-state index contributed by atoms with van der Waals surface area (Å²) in [7, 11) is -3.87. The van der Waals surface area contributed by atoms with Crippen molar-refractivity contribution >= 4 is 33.0 Å². The van der Waals surface area contributed by atoms with E-state index in [0.717, 1.165) is 11.3 Å². The van der Waals surface area contributed by atoms with Gasteiger partial charge in [0.15, 0.2) is 0 Å². The van der Waals surface area contributed by atoms with Gasteiger partial charge in [-0.15, -0.1) is 11.3 Å². The van der Waals surface area contributed by atoms with Gasteiger partial charge in [-0.3, -0.25) is 4.79 Å². The molecule has 0 spiro atoms. The van der Waals surface area contributed by atoms with E-state index in [0.29, 0.717) is 22.9 Å². The van der Waals surface area contributed by atoms with Crippen LogP contribution in [0.4, 0.5) is 5.69 Å². The zero-order valence-corrected chi connectivity index (χ0v) is 16.9. The molecule has 0 saturated heterocycles. The summed E-state index contributed by atoms with van der Waals surface area (Å²) >= 11 is 1.34. The minimum Gasteiger partial charge on any atom is -0.494 e. The Bertz CT molecular complexity index is 1110. The summed E-state index contributed by atoms with van der Waals surface area (Å²) in [5, 5.41) is 10.2. The molecule has 146 valence electrons. The van der Waals surface area contributed by atoms with Crippen molar-refractivity contribution in [2.45, 2.75) is 18.7 Å². The highest BCUT2D eigenvalue weighted by Gasteiger charge is 2.16. The normalized spacial score (nSPS) is 11.2. The smallest absolute Gasteiger partial charge is 0.275 e. The second-order valence-corrected chi connectivity index (χ2v) is 8.36. The van der Waals surface area contributed by atoms with Crippen LogP contribution in [0.5, 0.6) is 5.75 Å². The van der Waals surface area contributed by atoms with Crippen molar-refractivity contribution < 1.29 is 17.9 Å². The summed E-state index contributed by atoms with van der Waals surface area (Å²) in [4.78, 5) is 16.8. The Morgan fingerprint density at radius 2 is 1.93 bits per heavy atom. The van der Waals surface area contributed by atoms with Crippen LogP contribution in [0.3, 0.4) is 0 Å². The van der Waals surface area contributed by atoms with Crippen molar-refractivity contribution in [1.29, 1.82) is 0 Å². The number of aromatic nitrogens is 1. The summed E-state index contributed by atoms with van der Waals surface area (Å²) in [6.45, 7) is 4.14. The van der Waals surface area contributed by atoms with Crippen LogP contribution < -0.4 is 15.2 Å². The number of carbonyl (C=O) groups excluding carboxylic acids is 1. The number of nitrogens with two attached hydrogens (primary N) is 1. The molecule has 0 fully saturated rings. The Morgan fingerprint density at radius 3 is 2.57 bits per heavy atom. The van der Waals surface area contributed by atoms with Gasteiger partial charge in [0.25, 0.3) is 5.91 Å². The van der Waals surface area contributed by atoms with E-state index in [1.807, 2.05) is 31.2 Å². The van der Waals surface area contributed by atoms with Gasteiger partial charge in [0, 0.05) is 16.6 Å². The molecule has 28 heavy (non-hydrogen) atoms. The highest BCUT2D eigenvalue weighted by atomic mass is 32.2. The van der Waals surface area contributed by atoms with E-state index >= 15 is 0 Å². The van der Waals surface area contributed by atoms with E-state index in [1.54, 1.807) is 24.4 Å². The van der Waals surface area contributed by atoms with Crippen molar-refractivity contribution in [1.82, 2.24) is 4.98 Å². The van der Waals surface area contributed by atoms with Crippen LogP contribution in [-0.2, 0) is 10.0 Å². The molecule has 9 heteroatoms. The minimum atomic E-state index is -3.87. The fraction of sp³-hybridized carbons (Fsp3) is 0.158. The average Bonchev–Trinajstić information content (AvgIpc) is 3.13. The van der Waals surface area contributed by atoms with Crippen molar-refractivity contribution in [3.8, 4) is 16.3 Å². The molecule has 0 aliphatic rings. The summed E-state index contributed by atoms with van der Waals surface area (Å²) < 4.78 is 28.7. The minimum absolute atomic E-state index is 0.0290. The van der Waals surface area contributed by atoms with E-state index in [2.05, 4.69) is 10.3 Å². The first-order valence-electron chi connectivity index (χ1n) is 8.41. The van der Waals surface area contributed by atoms with Crippen LogP contribution >= 0.6 is 11.3 Å². The predicted octanol–water partition coefficient (Wildman–Crippen LogP) is 3.42. The summed E-state index contributed by atoms with van der Waals surface area (Å²) in [5.74, 6) is 0.337. The first-order valence-corrected chi connectivity index (χ1v) is 10.8. The predicted molar refractivity (Wildman–Crippen MR) is 109 cm³/mol. The number of carbonyl (C=O) groups is 1. The Morgan fingerprint density at radius 1 is 1.21 bits per heavy atom. The lowest BCUT2D eigenvalue weighted by molar-refractivity contribution is 0.102. The number of sulfonamides is 1. The number of hydrogen-bond acceptors (Lipinski definition) is 6. The molecule has 0 radical (unpaired) electrons. The van der Waals surface area contributed by atoms with Gasteiger partial charge in [-0.05, 0) is 55.8 Å². The van der Waals surface area contributed by atoms with Crippen LogP contribution in [0.1, 0.15) is 23.0 Å². The maximum absolute atomic E-state index is 12.5. The van der Waals surface area contributed by atoms with E-state index in [1.165, 1.54) is 17.4 Å². The lowest BCUT2D eigenvalue weighted by atomic mass is 10.2. The van der Waals surface area contributed by atoms with E-state index < -0.39 is 15.9 Å². The Labute approximate surface area is 167 Å². The molecular formula is C19H19N3O4S2. The lowest BCUT2D eigenvalue weighted by Gasteiger charge is -2.08. The van der Waals surface area contributed by atoms with E-state index in [9.17, 15) is 13.2 Å². The third-order valence-corrected chi connectivity index (χ3v) is 5.85. The SMILES string of the molecule is CCOc1ccc(-c2nc(C(=O)Nc3ccc(C)c(S(N)(=O)=O)c3)cs2)cc1. The molecule has 2 aromatic carbocycles. The third kappa shape index (κ3) is 4.56. The number of amides is 1. The van der Waals surface area contributed by atoms with Gasteiger partial charge in [0.05, 0.1) is 11.5 Å². The van der Waals surface area contributed by atoms with Crippen LogP contribution in [0.15, 0.2) is 52.7 Å². The number of benzene rings is 2. The summed E-state index contributed by atoms with van der Waals surface area (Å²) in [5.41, 5.74) is 1.95. The van der Waals surface area contributed by atoms with Crippen LogP contribution in [0.25, 0.3) is 10.6 Å². The van der Waals surface area contributed by atoms with Gasteiger partial charge >= 0.3 is 0 Å². The highest BCUT2D eigenvalue weighted by Crippen LogP contribution is 2.26. The second-order valence-electron chi connectivity index (χ2n) is 5.97. The van der Waals surface area contributed by atoms with E-state index in [-0.39, 0.29) is 10.6 Å². The molecule has 1 aromatic heterocycles. The molecule has 0 unspecified atom stereocenters. The fourth-order valence-electron chi connectivity index (χ4n) is 2.55. The van der Waals surface area contributed by atoms with Crippen molar-refractivity contribution in [3.05, 3.63) is 59.1 Å². The van der Waals surface area contributed by atoms with Crippen molar-refractivity contribution in [3.63, 3.8) is 0 Å². The molecule has 7 nitrogen and oxygen atoms in total. The molecule has 0 saturated carbocycles. The monoisotopic (exact) mass is 417 g/mol. The summed E-state index contributed by atoms with van der Waals surface area (Å²) in [6.07, 6.45) is 0. The lowest BCUT2D eigenvalue weighted by Crippen LogP contribution is -2.16. The van der Waals surface area contributed by atoms with Gasteiger partial charge in [-0.2, -0.15) is 0 Å². The second kappa shape index (κ2) is 8.09. The zero-order valence-electron chi connectivity index (χ0n) is 15.3. The number of thiazole rings is 1. The molecule has 1 amide bonds. The maximum atomic E-state index is 12.5. The number of nitrogens with one attached hydrogen (secondary N) is 1. The summed E-state index contributed by atoms with van der Waals surface area (Å²) in [6, 6.07) is 12.0. The average molecular weight is 418 g/mol. The first kappa shape index (κ1) is 20.0. The highest BCUT2D eigenvalue weighted by molar-refractivity contribution is 7.89. The van der Waals surface area contributed by atoms with Gasteiger partial charge in [-0.1, -0.05) is 6.07 Å². The molecular weight excluding hydrogens is 398 g/mol. The number of nitrogens with zero attached hydrogens (tertiary/aromatic N) is 1. The molecule has 0 atom stereocenters. The van der Waals surface area contributed by atoms with Crippen LogP contribution in [-0.4, -0.2) is 25.9 Å². The van der Waals surface area contributed by atoms with Gasteiger partial charge in [-0.25, -0.2) is 18.5 Å². The Kier molecular flexibility index (Phi) is 5.78. The molecule has 0 aliphatic heterocycles. The Hall–Kier alpha value is -2.75. The topological polar surface area (TPSA) is 111 Å². The number of hydrogen-bond donors (Lipinski definition) is 2. The fourth-order valence-corrected chi connectivity index (χ4v) is 4.16. The quantitative estimate of drug-likeness (QED) is 0.638. The van der Waals surface area contributed by atoms with Crippen molar-refractivity contribution in [2.24, 2.45) is 5.14 Å². The van der Waals surface area contributed by atoms with Crippen molar-refractivity contribution in [2.75, 3.05) is 11.9 Å². The molecule has 0 aliphatic carbocycles. The number of rotatable bonds is 6. The van der Waals surface area contributed by atoms with Crippen LogP contribution in [0.2, 0.25) is 0 Å². The molecule has 1 heterocycles. The first-order chi connectivity index (χ1) is 13.3. The van der Waals surface area contributed by atoms with E-state index in [4.69, 9.17) is 9.88 Å². The van der Waals surface area contributed by atoms with Crippen LogP contribution in [0, 0.1) is 6.92 Å². The largest absolute Gasteiger partial charge is 0.494 e. The third-order valence-electron chi connectivity index (χ3n) is 3.90. The standard InChI is InChI=1S/C19H19N3O4S2/c1-3-26-15-8-5-13(6-9-15)19-22-16(11-27-19)18(23)21-14-7-4-12(2)17(10-14)28(20,24)25/h4-11H,3H2,1-2H3,(H,21,23)(H2,20,24,25). The van der Waals surface area contributed by atoms with Gasteiger partial charge in [0.2, 0.25) is 10.0 Å². The van der Waals surface area contributed by atoms with Gasteiger partial charge in [0.1, 0.15) is 16.5 Å². The Balaban J connectivity index is 1.78. The molecule has 3 rings (SSSR count). The zero-order chi connectivity index (χ0) is 20.3. The number of ether oxygens (including phenoxy) is 1. The van der Waals surface area contributed by atoms with Gasteiger partial charge < -0.3 is 10.1 Å². The number of aryl methyl sites for hydroxylation is 1. The number of anilines is 1. The molecule has 3 N–H and O–H groups in total. The number of primary sulfonamides is 1. The molecule has 3 aromatic rings. The molecule has 0 bridgehead atoms.